The van der Waals surface area contributed by atoms with Crippen LogP contribution in [0.4, 0.5) is 5.69 Å². The Labute approximate surface area is 138 Å². The molecule has 1 aliphatic rings. The molecule has 1 fully saturated rings. The molecule has 1 heterocycles. The smallest absolute Gasteiger partial charge is 0.255 e. The molecular formula is C20H24N2O. The van der Waals surface area contributed by atoms with Crippen molar-refractivity contribution in [3.8, 4) is 0 Å². The minimum Gasteiger partial charge on any atom is -0.322 e. The average Bonchev–Trinajstić information content (AvgIpc) is 2.56. The molecule has 0 aliphatic carbocycles. The van der Waals surface area contributed by atoms with E-state index in [1.165, 1.54) is 37.9 Å². The van der Waals surface area contributed by atoms with E-state index in [1.54, 1.807) is 0 Å². The molecule has 2 aromatic rings. The first kappa shape index (κ1) is 15.8. The fraction of sp³-hybridized carbons (Fsp3) is 0.350. The quantitative estimate of drug-likeness (QED) is 0.916. The van der Waals surface area contributed by atoms with E-state index in [1.807, 2.05) is 43.3 Å². The first-order valence-corrected chi connectivity index (χ1v) is 8.41. The average molecular weight is 308 g/mol. The first-order chi connectivity index (χ1) is 11.2. The second-order valence-electron chi connectivity index (χ2n) is 6.31. The summed E-state index contributed by atoms with van der Waals surface area (Å²) in [5.41, 5.74) is 3.85. The number of aryl methyl sites for hydroxylation is 1. The third kappa shape index (κ3) is 4.20. The molecule has 0 aromatic heterocycles. The summed E-state index contributed by atoms with van der Waals surface area (Å²) in [6.45, 7) is 5.29. The summed E-state index contributed by atoms with van der Waals surface area (Å²) in [5.74, 6) is -0.0433. The molecular weight excluding hydrogens is 284 g/mol. The monoisotopic (exact) mass is 308 g/mol. The van der Waals surface area contributed by atoms with Crippen molar-refractivity contribution in [2.45, 2.75) is 32.7 Å². The van der Waals surface area contributed by atoms with Gasteiger partial charge in [-0.3, -0.25) is 9.69 Å². The van der Waals surface area contributed by atoms with Crippen LogP contribution in [0.2, 0.25) is 0 Å². The molecule has 0 radical (unpaired) electrons. The van der Waals surface area contributed by atoms with Gasteiger partial charge in [-0.15, -0.1) is 0 Å². The van der Waals surface area contributed by atoms with Gasteiger partial charge in [0.25, 0.3) is 5.91 Å². The minimum absolute atomic E-state index is 0.0433. The number of hydrogen-bond donors (Lipinski definition) is 1. The summed E-state index contributed by atoms with van der Waals surface area (Å²) in [6.07, 6.45) is 3.94. The van der Waals surface area contributed by atoms with Crippen molar-refractivity contribution in [1.82, 2.24) is 4.90 Å². The van der Waals surface area contributed by atoms with Gasteiger partial charge in [-0.2, -0.15) is 0 Å². The molecule has 120 valence electrons. The second kappa shape index (κ2) is 7.42. The number of carbonyl (C=O) groups excluding carboxylic acids is 1. The molecule has 0 spiro atoms. The van der Waals surface area contributed by atoms with Gasteiger partial charge >= 0.3 is 0 Å². The Kier molecular flexibility index (Phi) is 5.09. The Morgan fingerprint density at radius 2 is 1.83 bits per heavy atom. The maximum Gasteiger partial charge on any atom is 0.255 e. The second-order valence-corrected chi connectivity index (χ2v) is 6.31. The lowest BCUT2D eigenvalue weighted by atomic mass is 10.1. The number of piperidine rings is 1. The maximum atomic E-state index is 12.4. The van der Waals surface area contributed by atoms with Crippen molar-refractivity contribution in [1.29, 1.82) is 0 Å². The Bertz CT molecular complexity index is 675. The molecule has 2 aromatic carbocycles. The van der Waals surface area contributed by atoms with Crippen LogP contribution in [0.3, 0.4) is 0 Å². The maximum absolute atomic E-state index is 12.4. The molecule has 0 saturated carbocycles. The van der Waals surface area contributed by atoms with E-state index in [0.29, 0.717) is 0 Å². The molecule has 0 unspecified atom stereocenters. The van der Waals surface area contributed by atoms with Crippen molar-refractivity contribution < 1.29 is 4.79 Å². The topological polar surface area (TPSA) is 32.3 Å². The number of likely N-dealkylation sites (tertiary alicyclic amines) is 1. The van der Waals surface area contributed by atoms with E-state index in [4.69, 9.17) is 0 Å². The Morgan fingerprint density at radius 3 is 2.61 bits per heavy atom. The summed E-state index contributed by atoms with van der Waals surface area (Å²) in [7, 11) is 0. The van der Waals surface area contributed by atoms with Crippen LogP contribution >= 0.6 is 0 Å². The predicted molar refractivity (Wildman–Crippen MR) is 94.7 cm³/mol. The lowest BCUT2D eigenvalue weighted by molar-refractivity contribution is 0.102. The van der Waals surface area contributed by atoms with Crippen molar-refractivity contribution >= 4 is 11.6 Å². The highest BCUT2D eigenvalue weighted by Crippen LogP contribution is 2.17. The van der Waals surface area contributed by atoms with Gasteiger partial charge in [0.15, 0.2) is 0 Å². The van der Waals surface area contributed by atoms with Gasteiger partial charge < -0.3 is 5.32 Å². The van der Waals surface area contributed by atoms with Gasteiger partial charge in [0.2, 0.25) is 0 Å². The number of anilines is 1. The number of nitrogens with zero attached hydrogens (tertiary/aromatic N) is 1. The predicted octanol–water partition coefficient (Wildman–Crippen LogP) is 4.23. The summed E-state index contributed by atoms with van der Waals surface area (Å²) >= 11 is 0. The molecule has 1 aliphatic heterocycles. The van der Waals surface area contributed by atoms with Gasteiger partial charge in [0, 0.05) is 17.8 Å². The van der Waals surface area contributed by atoms with Crippen LogP contribution in [0.15, 0.2) is 48.5 Å². The summed E-state index contributed by atoms with van der Waals surface area (Å²) in [5, 5.41) is 3.02. The van der Waals surface area contributed by atoms with E-state index < -0.39 is 0 Å². The van der Waals surface area contributed by atoms with E-state index >= 15 is 0 Å². The zero-order valence-electron chi connectivity index (χ0n) is 13.7. The van der Waals surface area contributed by atoms with Crippen molar-refractivity contribution in [3.63, 3.8) is 0 Å². The van der Waals surface area contributed by atoms with E-state index in [-0.39, 0.29) is 5.91 Å². The Hall–Kier alpha value is -2.13. The number of hydrogen-bond acceptors (Lipinski definition) is 2. The molecule has 3 heteroatoms. The highest BCUT2D eigenvalue weighted by molar-refractivity contribution is 6.05. The van der Waals surface area contributed by atoms with Crippen LogP contribution in [0.1, 0.15) is 40.7 Å². The fourth-order valence-corrected chi connectivity index (χ4v) is 3.15. The van der Waals surface area contributed by atoms with E-state index in [2.05, 4.69) is 22.3 Å². The molecule has 0 bridgehead atoms. The van der Waals surface area contributed by atoms with Gasteiger partial charge in [0.05, 0.1) is 0 Å². The highest BCUT2D eigenvalue weighted by atomic mass is 16.1. The SMILES string of the molecule is Cc1ccccc1C(=O)Nc1cccc(CN2CCCCC2)c1. The normalized spacial score (nSPS) is 15.3. The van der Waals surface area contributed by atoms with Crippen LogP contribution < -0.4 is 5.32 Å². The largest absolute Gasteiger partial charge is 0.322 e. The molecule has 1 amide bonds. The standard InChI is InChI=1S/C20H24N2O/c1-16-8-3-4-11-19(16)20(23)21-18-10-7-9-17(14-18)15-22-12-5-2-6-13-22/h3-4,7-11,14H,2,5-6,12-13,15H2,1H3,(H,21,23). The molecule has 0 atom stereocenters. The fourth-order valence-electron chi connectivity index (χ4n) is 3.15. The first-order valence-electron chi connectivity index (χ1n) is 8.41. The van der Waals surface area contributed by atoms with Gasteiger partial charge in [0.1, 0.15) is 0 Å². The molecule has 23 heavy (non-hydrogen) atoms. The van der Waals surface area contributed by atoms with Crippen molar-refractivity contribution in [2.24, 2.45) is 0 Å². The van der Waals surface area contributed by atoms with Gasteiger partial charge in [-0.1, -0.05) is 36.8 Å². The molecule has 3 nitrogen and oxygen atoms in total. The molecule has 3 rings (SSSR count). The Morgan fingerprint density at radius 1 is 1.04 bits per heavy atom. The number of benzene rings is 2. The third-order valence-electron chi connectivity index (χ3n) is 4.43. The number of nitrogens with one attached hydrogen (secondary N) is 1. The van der Waals surface area contributed by atoms with Gasteiger partial charge in [-0.05, 0) is 62.2 Å². The van der Waals surface area contributed by atoms with Gasteiger partial charge in [-0.25, -0.2) is 0 Å². The minimum atomic E-state index is -0.0433. The number of amides is 1. The third-order valence-corrected chi connectivity index (χ3v) is 4.43. The molecule has 1 N–H and O–H groups in total. The zero-order valence-corrected chi connectivity index (χ0v) is 13.7. The van der Waals surface area contributed by atoms with E-state index in [9.17, 15) is 4.79 Å². The summed E-state index contributed by atoms with van der Waals surface area (Å²) < 4.78 is 0. The summed E-state index contributed by atoms with van der Waals surface area (Å²) in [6, 6.07) is 15.9. The van der Waals surface area contributed by atoms with Crippen LogP contribution in [0.25, 0.3) is 0 Å². The van der Waals surface area contributed by atoms with Crippen molar-refractivity contribution in [3.05, 3.63) is 65.2 Å². The summed E-state index contributed by atoms with van der Waals surface area (Å²) in [4.78, 5) is 14.9. The van der Waals surface area contributed by atoms with Crippen LogP contribution in [-0.2, 0) is 6.54 Å². The zero-order chi connectivity index (χ0) is 16.1. The van der Waals surface area contributed by atoms with Crippen LogP contribution in [0.5, 0.6) is 0 Å². The number of carbonyl (C=O) groups is 1. The van der Waals surface area contributed by atoms with Crippen LogP contribution in [0, 0.1) is 6.92 Å². The lowest BCUT2D eigenvalue weighted by Gasteiger charge is -2.26. The highest BCUT2D eigenvalue weighted by Gasteiger charge is 2.12. The number of rotatable bonds is 4. The van der Waals surface area contributed by atoms with Crippen LogP contribution in [-0.4, -0.2) is 23.9 Å². The van der Waals surface area contributed by atoms with Crippen molar-refractivity contribution in [2.75, 3.05) is 18.4 Å². The molecule has 1 saturated heterocycles. The Balaban J connectivity index is 1.67. The lowest BCUT2D eigenvalue weighted by Crippen LogP contribution is -2.29. The van der Waals surface area contributed by atoms with E-state index in [0.717, 1.165) is 23.4 Å².